The van der Waals surface area contributed by atoms with Crippen LogP contribution in [0.25, 0.3) is 10.8 Å². The molecule has 6 rings (SSSR count). The van der Waals surface area contributed by atoms with Crippen LogP contribution in [-0.4, -0.2) is 45.8 Å². The molecule has 0 amide bonds. The number of allylic oxidation sites excluding steroid dienone is 6. The summed E-state index contributed by atoms with van der Waals surface area (Å²) in [5.41, 5.74) is 9.15. The first-order valence-electron chi connectivity index (χ1n) is 15.5. The lowest BCUT2D eigenvalue weighted by atomic mass is 9.79. The van der Waals surface area contributed by atoms with Crippen molar-refractivity contribution in [3.05, 3.63) is 94.1 Å². The summed E-state index contributed by atoms with van der Waals surface area (Å²) >= 11 is 0. The zero-order valence-electron chi connectivity index (χ0n) is 23.5. The van der Waals surface area contributed by atoms with E-state index < -0.39 is 0 Å². The minimum absolute atomic E-state index is 0.686. The fourth-order valence-corrected chi connectivity index (χ4v) is 7.08. The van der Waals surface area contributed by atoms with Crippen LogP contribution in [0.4, 0.5) is 0 Å². The van der Waals surface area contributed by atoms with Crippen LogP contribution < -0.4 is 21.3 Å². The van der Waals surface area contributed by atoms with Crippen molar-refractivity contribution in [3.8, 4) is 0 Å². The van der Waals surface area contributed by atoms with E-state index in [0.717, 1.165) is 58.3 Å². The fourth-order valence-electron chi connectivity index (χ4n) is 7.08. The van der Waals surface area contributed by atoms with E-state index in [1.807, 2.05) is 0 Å². The molecule has 0 bridgehead atoms. The Labute approximate surface area is 235 Å². The highest BCUT2D eigenvalue weighted by Crippen LogP contribution is 2.46. The zero-order chi connectivity index (χ0) is 26.3. The third kappa shape index (κ3) is 6.63. The Morgan fingerprint density at radius 3 is 2.28 bits per heavy atom. The van der Waals surface area contributed by atoms with Crippen LogP contribution in [0.5, 0.6) is 0 Å². The molecule has 2 atom stereocenters. The van der Waals surface area contributed by atoms with Gasteiger partial charge >= 0.3 is 0 Å². The highest BCUT2D eigenvalue weighted by atomic mass is 14.9. The molecule has 0 spiro atoms. The van der Waals surface area contributed by atoms with E-state index in [1.54, 1.807) is 11.1 Å². The molecule has 1 fully saturated rings. The minimum Gasteiger partial charge on any atom is -0.317 e. The van der Waals surface area contributed by atoms with E-state index >= 15 is 0 Å². The van der Waals surface area contributed by atoms with Crippen molar-refractivity contribution >= 4 is 10.8 Å². The van der Waals surface area contributed by atoms with Gasteiger partial charge in [-0.3, -0.25) is 0 Å². The van der Waals surface area contributed by atoms with Crippen molar-refractivity contribution in [2.24, 2.45) is 11.8 Å². The molecule has 2 aromatic carbocycles. The van der Waals surface area contributed by atoms with Crippen LogP contribution in [0.1, 0.15) is 48.8 Å². The fraction of sp³-hybridized carbons (Fsp3) is 0.486. The standard InChI is InChI=1S/C35H46N4/c1-6-28-10-12-32-22-26(20-30(8-1)34(28)32)24-38-18-4-16-36-14-3-15-37-17-5-19-39-25-27-21-31-9-2-7-29-11-13-33(23-27)35(29)31/h1-2,6-9,20-23,28,34,36-39H,3-5,10-19,24-25H2. The number of rotatable bonds is 16. The quantitative estimate of drug-likeness (QED) is 0.224. The van der Waals surface area contributed by atoms with Gasteiger partial charge in [-0.05, 0) is 135 Å². The molecule has 4 aliphatic rings. The Hall–Kier alpha value is -2.50. The Morgan fingerprint density at radius 1 is 0.718 bits per heavy atom. The number of aryl methyl sites for hydroxylation is 2. The molecule has 0 heterocycles. The van der Waals surface area contributed by atoms with Gasteiger partial charge in [0.05, 0.1) is 0 Å². The third-order valence-corrected chi connectivity index (χ3v) is 8.97. The van der Waals surface area contributed by atoms with Gasteiger partial charge in [0.25, 0.3) is 0 Å². The second-order valence-corrected chi connectivity index (χ2v) is 11.9. The maximum Gasteiger partial charge on any atom is 0.0205 e. The van der Waals surface area contributed by atoms with Gasteiger partial charge in [-0.2, -0.15) is 0 Å². The zero-order valence-corrected chi connectivity index (χ0v) is 23.5. The SMILES string of the molecule is C1=CC2CCC3=CC(CNCCCNCCCNCCCNCc4cc5c6c(cccc6c4)CC5)=CC(=C1)C32. The van der Waals surface area contributed by atoms with Crippen molar-refractivity contribution in [1.29, 1.82) is 0 Å². The summed E-state index contributed by atoms with van der Waals surface area (Å²) < 4.78 is 0. The van der Waals surface area contributed by atoms with E-state index in [4.69, 9.17) is 0 Å². The maximum atomic E-state index is 3.65. The molecule has 1 saturated carbocycles. The monoisotopic (exact) mass is 522 g/mol. The van der Waals surface area contributed by atoms with Crippen molar-refractivity contribution in [3.63, 3.8) is 0 Å². The van der Waals surface area contributed by atoms with E-state index in [1.165, 1.54) is 78.0 Å². The summed E-state index contributed by atoms with van der Waals surface area (Å²) in [6.45, 7) is 8.47. The normalized spacial score (nSPS) is 20.8. The molecule has 39 heavy (non-hydrogen) atoms. The molecule has 0 aromatic heterocycles. The Balaban J connectivity index is 0.749. The molecule has 0 aliphatic heterocycles. The summed E-state index contributed by atoms with van der Waals surface area (Å²) in [6.07, 6.45) is 20.5. The van der Waals surface area contributed by atoms with E-state index in [2.05, 4.69) is 82.0 Å². The molecule has 0 saturated heterocycles. The summed E-state index contributed by atoms with van der Waals surface area (Å²) in [5, 5.41) is 17.4. The molecule has 4 heteroatoms. The molecule has 4 aliphatic carbocycles. The van der Waals surface area contributed by atoms with Gasteiger partial charge in [0.1, 0.15) is 0 Å². The molecule has 4 N–H and O–H groups in total. The topological polar surface area (TPSA) is 48.1 Å². The van der Waals surface area contributed by atoms with Gasteiger partial charge in [-0.25, -0.2) is 0 Å². The van der Waals surface area contributed by atoms with Gasteiger partial charge in [-0.1, -0.05) is 60.2 Å². The van der Waals surface area contributed by atoms with Crippen LogP contribution in [0, 0.1) is 11.8 Å². The first-order chi connectivity index (χ1) is 19.3. The van der Waals surface area contributed by atoms with Crippen molar-refractivity contribution in [2.45, 2.75) is 51.5 Å². The number of hydrogen-bond acceptors (Lipinski definition) is 4. The van der Waals surface area contributed by atoms with E-state index in [9.17, 15) is 0 Å². The first kappa shape index (κ1) is 26.7. The number of hydrogen-bond donors (Lipinski definition) is 4. The lowest BCUT2D eigenvalue weighted by molar-refractivity contribution is 0.554. The highest BCUT2D eigenvalue weighted by molar-refractivity contribution is 5.91. The summed E-state index contributed by atoms with van der Waals surface area (Å²) in [5.74, 6) is 1.44. The largest absolute Gasteiger partial charge is 0.317 e. The van der Waals surface area contributed by atoms with Gasteiger partial charge in [0.15, 0.2) is 0 Å². The second kappa shape index (κ2) is 13.2. The Morgan fingerprint density at radius 2 is 1.46 bits per heavy atom. The Bertz CT molecular complexity index is 1270. The van der Waals surface area contributed by atoms with E-state index in [0.29, 0.717) is 5.92 Å². The van der Waals surface area contributed by atoms with Gasteiger partial charge in [0.2, 0.25) is 0 Å². The average Bonchev–Trinajstić information content (AvgIpc) is 3.57. The third-order valence-electron chi connectivity index (χ3n) is 8.97. The van der Waals surface area contributed by atoms with Crippen molar-refractivity contribution in [2.75, 3.05) is 45.8 Å². The van der Waals surface area contributed by atoms with Crippen LogP contribution in [-0.2, 0) is 19.4 Å². The second-order valence-electron chi connectivity index (χ2n) is 11.9. The minimum atomic E-state index is 0.686. The first-order valence-corrected chi connectivity index (χ1v) is 15.5. The van der Waals surface area contributed by atoms with Crippen LogP contribution >= 0.6 is 0 Å². The predicted molar refractivity (Wildman–Crippen MR) is 165 cm³/mol. The molecule has 2 unspecified atom stereocenters. The van der Waals surface area contributed by atoms with Crippen LogP contribution in [0.15, 0.2) is 77.4 Å². The summed E-state index contributed by atoms with van der Waals surface area (Å²) in [6, 6.07) is 11.6. The van der Waals surface area contributed by atoms with Crippen molar-refractivity contribution < 1.29 is 0 Å². The van der Waals surface area contributed by atoms with Gasteiger partial charge in [-0.15, -0.1) is 0 Å². The molecule has 2 aromatic rings. The Kier molecular flexibility index (Phi) is 9.06. The van der Waals surface area contributed by atoms with Gasteiger partial charge < -0.3 is 21.3 Å². The molecular formula is C35H46N4. The van der Waals surface area contributed by atoms with E-state index in [-0.39, 0.29) is 0 Å². The van der Waals surface area contributed by atoms with Crippen LogP contribution in [0.2, 0.25) is 0 Å². The average molecular weight is 523 g/mol. The predicted octanol–water partition coefficient (Wildman–Crippen LogP) is 5.36. The molecule has 206 valence electrons. The number of benzene rings is 2. The van der Waals surface area contributed by atoms with Crippen molar-refractivity contribution in [1.82, 2.24) is 21.3 Å². The number of nitrogens with one attached hydrogen (secondary N) is 4. The smallest absolute Gasteiger partial charge is 0.0205 e. The molecular weight excluding hydrogens is 476 g/mol. The summed E-state index contributed by atoms with van der Waals surface area (Å²) in [4.78, 5) is 0. The lowest BCUT2D eigenvalue weighted by Gasteiger charge is -2.26. The molecule has 0 radical (unpaired) electrons. The molecule has 4 nitrogen and oxygen atoms in total. The maximum absolute atomic E-state index is 3.65. The summed E-state index contributed by atoms with van der Waals surface area (Å²) in [7, 11) is 0. The highest BCUT2D eigenvalue weighted by Gasteiger charge is 2.34. The van der Waals surface area contributed by atoms with Gasteiger partial charge in [0, 0.05) is 19.0 Å². The van der Waals surface area contributed by atoms with Crippen LogP contribution in [0.3, 0.4) is 0 Å². The lowest BCUT2D eigenvalue weighted by Crippen LogP contribution is -2.27.